The minimum absolute atomic E-state index is 0.272. The molecule has 0 radical (unpaired) electrons. The molecule has 19 heavy (non-hydrogen) atoms. The minimum atomic E-state index is -4.49. The fraction of sp³-hybridized carbons (Fsp3) is 0.385. The number of rotatable bonds is 5. The third-order valence-corrected chi connectivity index (χ3v) is 2.47. The first-order chi connectivity index (χ1) is 8.84. The summed E-state index contributed by atoms with van der Waals surface area (Å²) in [4.78, 5) is 14.0. The Bertz CT molecular complexity index is 481. The van der Waals surface area contributed by atoms with Crippen molar-refractivity contribution in [2.75, 3.05) is 0 Å². The largest absolute Gasteiger partial charge is 0.478 e. The van der Waals surface area contributed by atoms with Crippen LogP contribution in [0, 0.1) is 0 Å². The van der Waals surface area contributed by atoms with Gasteiger partial charge >= 0.3 is 12.1 Å². The van der Waals surface area contributed by atoms with Crippen LogP contribution in [0.15, 0.2) is 18.2 Å². The average Bonchev–Trinajstić information content (AvgIpc) is 2.32. The zero-order valence-electron chi connectivity index (χ0n) is 10.4. The maximum Gasteiger partial charge on any atom is 0.433 e. The van der Waals surface area contributed by atoms with E-state index in [4.69, 9.17) is 5.11 Å². The zero-order chi connectivity index (χ0) is 14.5. The second-order valence-electron chi connectivity index (χ2n) is 4.01. The highest BCUT2D eigenvalue weighted by molar-refractivity contribution is 5.85. The number of hydrogen-bond acceptors (Lipinski definition) is 2. The van der Waals surface area contributed by atoms with E-state index in [1.54, 1.807) is 0 Å². The Kier molecular flexibility index (Phi) is 5.09. The fourth-order valence-electron chi connectivity index (χ4n) is 1.53. The Morgan fingerprint density at radius 1 is 1.42 bits per heavy atom. The highest BCUT2D eigenvalue weighted by atomic mass is 19.4. The molecule has 1 heterocycles. The van der Waals surface area contributed by atoms with Crippen molar-refractivity contribution < 1.29 is 23.1 Å². The lowest BCUT2D eigenvalue weighted by atomic mass is 10.1. The summed E-state index contributed by atoms with van der Waals surface area (Å²) in [6, 6.07) is 2.11. The molecule has 0 fully saturated rings. The Balaban J connectivity index is 3.12. The molecule has 0 amide bonds. The van der Waals surface area contributed by atoms with Crippen LogP contribution in [0.5, 0.6) is 0 Å². The lowest BCUT2D eigenvalue weighted by Gasteiger charge is -2.10. The van der Waals surface area contributed by atoms with Crippen LogP contribution in [0.4, 0.5) is 13.2 Å². The summed E-state index contributed by atoms with van der Waals surface area (Å²) in [6.45, 7) is 1.92. The van der Waals surface area contributed by atoms with Crippen molar-refractivity contribution in [1.29, 1.82) is 0 Å². The van der Waals surface area contributed by atoms with E-state index in [1.807, 2.05) is 6.92 Å². The molecule has 1 rings (SSSR count). The maximum absolute atomic E-state index is 12.6. The van der Waals surface area contributed by atoms with Gasteiger partial charge in [0, 0.05) is 11.8 Å². The molecule has 0 aliphatic carbocycles. The minimum Gasteiger partial charge on any atom is -0.478 e. The van der Waals surface area contributed by atoms with E-state index in [9.17, 15) is 18.0 Å². The summed E-state index contributed by atoms with van der Waals surface area (Å²) in [6.07, 6.45) is -0.432. The normalized spacial score (nSPS) is 12.0. The molecule has 0 bridgehead atoms. The van der Waals surface area contributed by atoms with Crippen molar-refractivity contribution in [1.82, 2.24) is 4.98 Å². The Morgan fingerprint density at radius 3 is 2.63 bits per heavy atom. The number of nitrogens with zero attached hydrogens (tertiary/aromatic N) is 1. The van der Waals surface area contributed by atoms with Crippen LogP contribution < -0.4 is 0 Å². The van der Waals surface area contributed by atoms with Gasteiger partial charge in [-0.1, -0.05) is 19.4 Å². The molecule has 0 saturated carbocycles. The molecular weight excluding hydrogens is 259 g/mol. The molecule has 1 N–H and O–H groups in total. The van der Waals surface area contributed by atoms with Crippen LogP contribution in [0.3, 0.4) is 0 Å². The van der Waals surface area contributed by atoms with Crippen LogP contribution >= 0.6 is 0 Å². The molecule has 1 aromatic rings. The summed E-state index contributed by atoms with van der Waals surface area (Å²) < 4.78 is 37.7. The predicted octanol–water partition coefficient (Wildman–Crippen LogP) is 3.54. The fourth-order valence-corrected chi connectivity index (χ4v) is 1.53. The second-order valence-corrected chi connectivity index (χ2v) is 4.01. The number of pyridine rings is 1. The number of halogens is 3. The van der Waals surface area contributed by atoms with Gasteiger partial charge in [0.25, 0.3) is 0 Å². The van der Waals surface area contributed by atoms with Gasteiger partial charge in [-0.05, 0) is 30.5 Å². The first-order valence-corrected chi connectivity index (χ1v) is 5.82. The number of alkyl halides is 3. The van der Waals surface area contributed by atoms with Gasteiger partial charge in [0.2, 0.25) is 0 Å². The van der Waals surface area contributed by atoms with Gasteiger partial charge in [-0.3, -0.25) is 0 Å². The van der Waals surface area contributed by atoms with Gasteiger partial charge in [0.15, 0.2) is 0 Å². The van der Waals surface area contributed by atoms with E-state index in [-0.39, 0.29) is 5.69 Å². The van der Waals surface area contributed by atoms with Crippen molar-refractivity contribution in [3.63, 3.8) is 0 Å². The molecule has 0 aliphatic rings. The molecule has 0 saturated heterocycles. The number of aliphatic carboxylic acids is 1. The maximum atomic E-state index is 12.6. The number of carboxylic acids is 1. The molecular formula is C13H14F3NO2. The van der Waals surface area contributed by atoms with Gasteiger partial charge in [-0.2, -0.15) is 13.2 Å². The zero-order valence-corrected chi connectivity index (χ0v) is 10.4. The lowest BCUT2D eigenvalue weighted by Crippen LogP contribution is -2.10. The summed E-state index contributed by atoms with van der Waals surface area (Å²) in [5.74, 6) is -1.15. The molecule has 0 aliphatic heterocycles. The number of carboxylic acid groups (broad SMARTS) is 1. The van der Waals surface area contributed by atoms with E-state index in [2.05, 4.69) is 4.98 Å². The monoisotopic (exact) mass is 273 g/mol. The van der Waals surface area contributed by atoms with E-state index in [1.165, 1.54) is 12.1 Å². The number of hydrogen-bond donors (Lipinski definition) is 1. The highest BCUT2D eigenvalue weighted by Gasteiger charge is 2.32. The Morgan fingerprint density at radius 2 is 2.11 bits per heavy atom. The van der Waals surface area contributed by atoms with Crippen molar-refractivity contribution >= 4 is 12.0 Å². The third-order valence-electron chi connectivity index (χ3n) is 2.47. The first-order valence-electron chi connectivity index (χ1n) is 5.82. The lowest BCUT2D eigenvalue weighted by molar-refractivity contribution is -0.141. The summed E-state index contributed by atoms with van der Waals surface area (Å²) in [7, 11) is 0. The van der Waals surface area contributed by atoms with Gasteiger partial charge < -0.3 is 5.11 Å². The average molecular weight is 273 g/mol. The second kappa shape index (κ2) is 6.36. The van der Waals surface area contributed by atoms with Crippen LogP contribution in [0.2, 0.25) is 0 Å². The van der Waals surface area contributed by atoms with Crippen molar-refractivity contribution in [2.45, 2.75) is 32.4 Å². The summed E-state index contributed by atoms with van der Waals surface area (Å²) in [5.41, 5.74) is -0.274. The highest BCUT2D eigenvalue weighted by Crippen LogP contribution is 2.28. The van der Waals surface area contributed by atoms with E-state index in [0.29, 0.717) is 18.4 Å². The third kappa shape index (κ3) is 4.73. The van der Waals surface area contributed by atoms with Crippen LogP contribution in [-0.2, 0) is 17.4 Å². The van der Waals surface area contributed by atoms with E-state index >= 15 is 0 Å². The molecule has 3 nitrogen and oxygen atoms in total. The van der Waals surface area contributed by atoms with Gasteiger partial charge in [0.05, 0.1) is 0 Å². The van der Waals surface area contributed by atoms with Crippen molar-refractivity contribution in [3.05, 3.63) is 35.2 Å². The van der Waals surface area contributed by atoms with Gasteiger partial charge in [-0.25, -0.2) is 9.78 Å². The van der Waals surface area contributed by atoms with Crippen molar-refractivity contribution in [2.24, 2.45) is 0 Å². The molecule has 0 unspecified atom stereocenters. The van der Waals surface area contributed by atoms with Crippen LogP contribution in [0.1, 0.15) is 36.7 Å². The van der Waals surface area contributed by atoms with Crippen molar-refractivity contribution in [3.8, 4) is 0 Å². The predicted molar refractivity (Wildman–Crippen MR) is 64.5 cm³/mol. The Hall–Kier alpha value is -1.85. The topological polar surface area (TPSA) is 50.2 Å². The summed E-state index contributed by atoms with van der Waals surface area (Å²) >= 11 is 0. The molecule has 104 valence electrons. The quantitative estimate of drug-likeness (QED) is 0.835. The first kappa shape index (κ1) is 15.2. The van der Waals surface area contributed by atoms with E-state index in [0.717, 1.165) is 18.6 Å². The Labute approximate surface area is 108 Å². The summed E-state index contributed by atoms with van der Waals surface area (Å²) in [5, 5.41) is 8.54. The number of unbranched alkanes of at least 4 members (excludes halogenated alkanes) is 1. The number of aryl methyl sites for hydroxylation is 1. The smallest absolute Gasteiger partial charge is 0.433 e. The van der Waals surface area contributed by atoms with Crippen LogP contribution in [-0.4, -0.2) is 16.1 Å². The molecule has 0 aromatic carbocycles. The molecule has 1 aromatic heterocycles. The van der Waals surface area contributed by atoms with E-state index < -0.39 is 17.8 Å². The van der Waals surface area contributed by atoms with Gasteiger partial charge in [-0.15, -0.1) is 0 Å². The molecule has 0 spiro atoms. The molecule has 0 atom stereocenters. The standard InChI is InChI=1S/C13H14F3NO2/c1-2-3-4-10-9(6-8-12(18)19)5-7-11(17-10)13(14,15)16/h5-8H,2-4H2,1H3,(H,18,19). The van der Waals surface area contributed by atoms with Crippen LogP contribution in [0.25, 0.3) is 6.08 Å². The molecule has 6 heteroatoms. The SMILES string of the molecule is CCCCc1nc(C(F)(F)F)ccc1C=CC(=O)O. The number of aromatic nitrogens is 1. The van der Waals surface area contributed by atoms with Gasteiger partial charge in [0.1, 0.15) is 5.69 Å². The number of carbonyl (C=O) groups is 1.